The Bertz CT molecular complexity index is 1530. The Labute approximate surface area is 184 Å². The summed E-state index contributed by atoms with van der Waals surface area (Å²) in [6, 6.07) is 18.0. The molecule has 4 aromatic rings. The summed E-state index contributed by atoms with van der Waals surface area (Å²) in [7, 11) is -8.26. The number of nitrogens with one attached hydrogen (secondary N) is 2. The second-order valence-corrected chi connectivity index (χ2v) is 10.4. The fourth-order valence-electron chi connectivity index (χ4n) is 3.04. The Morgan fingerprint density at radius 1 is 0.906 bits per heavy atom. The van der Waals surface area contributed by atoms with Crippen LogP contribution in [0.25, 0.3) is 10.9 Å². The smallest absolute Gasteiger partial charge is 0.340 e. The first-order chi connectivity index (χ1) is 15.1. The van der Waals surface area contributed by atoms with Crippen molar-refractivity contribution in [1.29, 1.82) is 0 Å². The van der Waals surface area contributed by atoms with Gasteiger partial charge in [-0.3, -0.25) is 9.89 Å². The van der Waals surface area contributed by atoms with Crippen LogP contribution in [0.2, 0.25) is 0 Å². The highest BCUT2D eigenvalue weighted by atomic mass is 32.2. The van der Waals surface area contributed by atoms with Crippen LogP contribution in [0.3, 0.4) is 0 Å². The molecule has 0 aliphatic heterocycles. The highest BCUT2D eigenvalue weighted by Gasteiger charge is 2.25. The third kappa shape index (κ3) is 4.34. The predicted octanol–water partition coefficient (Wildman–Crippen LogP) is 2.99. The van der Waals surface area contributed by atoms with E-state index in [0.717, 1.165) is 12.3 Å². The van der Waals surface area contributed by atoms with Gasteiger partial charge in [-0.05, 0) is 42.5 Å². The Hall–Kier alpha value is -3.70. The zero-order valence-corrected chi connectivity index (χ0v) is 18.3. The number of fused-ring (bicyclic) bond motifs is 1. The number of carbonyl (C=O) groups is 1. The number of anilines is 1. The minimum Gasteiger partial charge on any atom is -0.379 e. The van der Waals surface area contributed by atoms with E-state index in [1.807, 2.05) is 0 Å². The zero-order chi connectivity index (χ0) is 22.9. The lowest BCUT2D eigenvalue weighted by Crippen LogP contribution is -2.14. The fraction of sp³-hybridized carbons (Fsp3) is 0.0476. The quantitative estimate of drug-likeness (QED) is 0.413. The second kappa shape index (κ2) is 8.09. The van der Waals surface area contributed by atoms with Crippen LogP contribution >= 0.6 is 0 Å². The van der Waals surface area contributed by atoms with Gasteiger partial charge in [-0.25, -0.2) is 8.42 Å². The van der Waals surface area contributed by atoms with E-state index < -0.39 is 24.9 Å². The molecule has 1 aromatic heterocycles. The first-order valence-electron chi connectivity index (χ1n) is 9.23. The maximum Gasteiger partial charge on any atom is 0.340 e. The molecule has 2 N–H and O–H groups in total. The van der Waals surface area contributed by atoms with Crippen molar-refractivity contribution in [3.8, 4) is 5.75 Å². The van der Waals surface area contributed by atoms with Gasteiger partial charge in [-0.2, -0.15) is 13.5 Å². The van der Waals surface area contributed by atoms with Crippen molar-refractivity contribution in [2.24, 2.45) is 0 Å². The highest BCUT2D eigenvalue weighted by Crippen LogP contribution is 2.29. The van der Waals surface area contributed by atoms with Crippen LogP contribution in [0.5, 0.6) is 5.75 Å². The Morgan fingerprint density at radius 3 is 2.25 bits per heavy atom. The lowest BCUT2D eigenvalue weighted by atomic mass is 10.2. The molecule has 9 nitrogen and oxygen atoms in total. The largest absolute Gasteiger partial charge is 0.379 e. The molecular formula is C21H17N3O6S2. The van der Waals surface area contributed by atoms with Crippen molar-refractivity contribution in [2.75, 3.05) is 11.6 Å². The van der Waals surface area contributed by atoms with Crippen molar-refractivity contribution in [3.05, 3.63) is 78.4 Å². The summed E-state index contributed by atoms with van der Waals surface area (Å²) < 4.78 is 54.8. The Kier molecular flexibility index (Phi) is 5.45. The van der Waals surface area contributed by atoms with E-state index in [4.69, 9.17) is 4.18 Å². The summed E-state index contributed by atoms with van der Waals surface area (Å²) in [5.41, 5.74) is 0.964. The van der Waals surface area contributed by atoms with Crippen LogP contribution in [-0.4, -0.2) is 39.2 Å². The number of carbonyl (C=O) groups excluding carboxylic acids is 1. The van der Waals surface area contributed by atoms with Crippen LogP contribution < -0.4 is 9.50 Å². The molecule has 0 fully saturated rings. The summed E-state index contributed by atoms with van der Waals surface area (Å²) in [6.45, 7) is 0. The number of H-pyrrole nitrogens is 1. The van der Waals surface area contributed by atoms with Crippen molar-refractivity contribution in [2.45, 2.75) is 9.79 Å². The lowest BCUT2D eigenvalue weighted by molar-refractivity contribution is 0.102. The van der Waals surface area contributed by atoms with Gasteiger partial charge in [0.2, 0.25) is 0 Å². The first kappa shape index (κ1) is 21.5. The van der Waals surface area contributed by atoms with Crippen molar-refractivity contribution in [3.63, 3.8) is 0 Å². The number of hydrogen-bond donors (Lipinski definition) is 2. The number of nitrogens with zero attached hydrogens (tertiary/aromatic N) is 1. The van der Waals surface area contributed by atoms with Crippen LogP contribution in [-0.2, 0) is 20.0 Å². The van der Waals surface area contributed by atoms with E-state index in [0.29, 0.717) is 16.5 Å². The molecule has 0 spiro atoms. The maximum absolute atomic E-state index is 12.8. The number of hydrogen-bond acceptors (Lipinski definition) is 7. The maximum atomic E-state index is 12.8. The SMILES string of the molecule is CS(=O)(=O)c1ccccc1S(=O)(=O)Oc1ccc2[nH]nc(NC(=O)c3ccccc3)c2c1. The van der Waals surface area contributed by atoms with Crippen LogP contribution in [0, 0.1) is 0 Å². The van der Waals surface area contributed by atoms with Crippen LogP contribution in [0.1, 0.15) is 10.4 Å². The monoisotopic (exact) mass is 471 g/mol. The molecule has 0 aliphatic carbocycles. The molecule has 0 radical (unpaired) electrons. The minimum absolute atomic E-state index is 0.0718. The molecule has 0 saturated heterocycles. The number of amides is 1. The van der Waals surface area contributed by atoms with E-state index >= 15 is 0 Å². The van der Waals surface area contributed by atoms with Gasteiger partial charge in [0.15, 0.2) is 15.7 Å². The van der Waals surface area contributed by atoms with E-state index in [2.05, 4.69) is 15.5 Å². The van der Waals surface area contributed by atoms with E-state index in [1.54, 1.807) is 30.3 Å². The predicted molar refractivity (Wildman–Crippen MR) is 118 cm³/mol. The van der Waals surface area contributed by atoms with Gasteiger partial charge in [0, 0.05) is 17.2 Å². The number of aromatic amines is 1. The van der Waals surface area contributed by atoms with Gasteiger partial charge >= 0.3 is 10.1 Å². The van der Waals surface area contributed by atoms with E-state index in [9.17, 15) is 21.6 Å². The number of sulfone groups is 1. The van der Waals surface area contributed by atoms with Gasteiger partial charge in [0.25, 0.3) is 5.91 Å². The third-order valence-electron chi connectivity index (χ3n) is 4.53. The summed E-state index contributed by atoms with van der Waals surface area (Å²) in [6.07, 6.45) is 0.917. The molecule has 4 rings (SSSR count). The Balaban J connectivity index is 1.67. The zero-order valence-electron chi connectivity index (χ0n) is 16.6. The summed E-state index contributed by atoms with van der Waals surface area (Å²) in [4.78, 5) is 11.6. The van der Waals surface area contributed by atoms with Crippen molar-refractivity contribution in [1.82, 2.24) is 10.2 Å². The number of rotatable bonds is 6. The first-order valence-corrected chi connectivity index (χ1v) is 12.5. The molecule has 0 unspecified atom stereocenters. The van der Waals surface area contributed by atoms with Gasteiger partial charge in [0.05, 0.1) is 10.4 Å². The highest BCUT2D eigenvalue weighted by molar-refractivity contribution is 7.92. The molecule has 0 atom stereocenters. The average Bonchev–Trinajstić information content (AvgIpc) is 3.15. The fourth-order valence-corrected chi connectivity index (χ4v) is 5.57. The molecular weight excluding hydrogens is 454 g/mol. The number of aromatic nitrogens is 2. The van der Waals surface area contributed by atoms with Crippen LogP contribution in [0.15, 0.2) is 82.6 Å². The molecule has 11 heteroatoms. The van der Waals surface area contributed by atoms with Crippen molar-refractivity contribution >= 4 is 42.6 Å². The number of benzene rings is 3. The molecule has 3 aromatic carbocycles. The molecule has 0 saturated carbocycles. The molecule has 1 amide bonds. The topological polar surface area (TPSA) is 135 Å². The van der Waals surface area contributed by atoms with Gasteiger partial charge < -0.3 is 9.50 Å². The van der Waals surface area contributed by atoms with Gasteiger partial charge in [-0.15, -0.1) is 0 Å². The summed E-state index contributed by atoms with van der Waals surface area (Å²) in [5.74, 6) is -0.273. The summed E-state index contributed by atoms with van der Waals surface area (Å²) in [5, 5.41) is 9.89. The summed E-state index contributed by atoms with van der Waals surface area (Å²) >= 11 is 0. The standard InChI is InChI=1S/C21H17N3O6S2/c1-31(26,27)18-9-5-6-10-19(18)32(28,29)30-15-11-12-17-16(13-15)20(24-23-17)22-21(25)14-7-3-2-4-8-14/h2-13H,1H3,(H2,22,23,24,25). The van der Waals surface area contributed by atoms with Crippen LogP contribution in [0.4, 0.5) is 5.82 Å². The third-order valence-corrected chi connectivity index (χ3v) is 7.12. The molecule has 32 heavy (non-hydrogen) atoms. The van der Waals surface area contributed by atoms with E-state index in [-0.39, 0.29) is 22.4 Å². The minimum atomic E-state index is -4.45. The average molecular weight is 472 g/mol. The van der Waals surface area contributed by atoms with Gasteiger partial charge in [-0.1, -0.05) is 30.3 Å². The Morgan fingerprint density at radius 2 is 1.56 bits per heavy atom. The van der Waals surface area contributed by atoms with Gasteiger partial charge in [0.1, 0.15) is 10.6 Å². The van der Waals surface area contributed by atoms with E-state index in [1.165, 1.54) is 36.4 Å². The normalized spacial score (nSPS) is 11.9. The second-order valence-electron chi connectivity index (χ2n) is 6.86. The molecule has 0 bridgehead atoms. The molecule has 0 aliphatic rings. The van der Waals surface area contributed by atoms with Crippen molar-refractivity contribution < 1.29 is 25.8 Å². The lowest BCUT2D eigenvalue weighted by Gasteiger charge is -2.10. The molecule has 1 heterocycles. The molecule has 164 valence electrons.